The minimum atomic E-state index is -0.279. The zero-order chi connectivity index (χ0) is 16.4. The van der Waals surface area contributed by atoms with Crippen LogP contribution < -0.4 is 0 Å². The Hall–Kier alpha value is -1.32. The summed E-state index contributed by atoms with van der Waals surface area (Å²) in [5, 5.41) is 0. The van der Waals surface area contributed by atoms with E-state index in [0.29, 0.717) is 12.3 Å². The van der Waals surface area contributed by atoms with Crippen molar-refractivity contribution in [3.05, 3.63) is 12.2 Å². The van der Waals surface area contributed by atoms with E-state index in [0.717, 1.165) is 38.5 Å². The third kappa shape index (κ3) is 7.10. The molecule has 0 N–H and O–H groups in total. The highest BCUT2D eigenvalue weighted by Gasteiger charge is 2.31. The van der Waals surface area contributed by atoms with Crippen LogP contribution in [-0.4, -0.2) is 24.1 Å². The van der Waals surface area contributed by atoms with Crippen LogP contribution in [0.3, 0.4) is 0 Å². The monoisotopic (exact) mass is 310 g/mol. The Labute approximate surface area is 134 Å². The SMILES string of the molecule is CC=CCC(=O)OC1CCCCC1OC(=O)CCC(C)CC. The van der Waals surface area contributed by atoms with E-state index < -0.39 is 0 Å². The van der Waals surface area contributed by atoms with Crippen LogP contribution in [0.5, 0.6) is 0 Å². The molecule has 0 aromatic rings. The second-order valence-corrected chi connectivity index (χ2v) is 6.17. The van der Waals surface area contributed by atoms with Crippen LogP contribution in [0.2, 0.25) is 0 Å². The highest BCUT2D eigenvalue weighted by atomic mass is 16.6. The molecule has 1 rings (SSSR count). The molecule has 0 spiro atoms. The Bertz CT molecular complexity index is 375. The third-order valence-electron chi connectivity index (χ3n) is 4.27. The normalized spacial score (nSPS) is 23.2. The second kappa shape index (κ2) is 10.4. The maximum atomic E-state index is 12.0. The van der Waals surface area contributed by atoms with Crippen molar-refractivity contribution >= 4 is 11.9 Å². The number of carbonyl (C=O) groups is 2. The maximum absolute atomic E-state index is 12.0. The first kappa shape index (κ1) is 18.7. The van der Waals surface area contributed by atoms with Crippen LogP contribution >= 0.6 is 0 Å². The molecule has 3 atom stereocenters. The number of carbonyl (C=O) groups excluding carboxylic acids is 2. The van der Waals surface area contributed by atoms with Crippen molar-refractivity contribution in [2.45, 2.75) is 84.3 Å². The Morgan fingerprint density at radius 1 is 1.14 bits per heavy atom. The van der Waals surface area contributed by atoms with Gasteiger partial charge in [-0.05, 0) is 44.9 Å². The van der Waals surface area contributed by atoms with Gasteiger partial charge in [0.15, 0.2) is 0 Å². The number of esters is 2. The van der Waals surface area contributed by atoms with E-state index in [4.69, 9.17) is 9.47 Å². The van der Waals surface area contributed by atoms with E-state index in [2.05, 4.69) is 13.8 Å². The van der Waals surface area contributed by atoms with Crippen LogP contribution in [0.1, 0.15) is 72.1 Å². The van der Waals surface area contributed by atoms with E-state index in [1.165, 1.54) is 0 Å². The summed E-state index contributed by atoms with van der Waals surface area (Å²) >= 11 is 0. The summed E-state index contributed by atoms with van der Waals surface area (Å²) in [4.78, 5) is 23.7. The molecule has 22 heavy (non-hydrogen) atoms. The van der Waals surface area contributed by atoms with Gasteiger partial charge >= 0.3 is 11.9 Å². The topological polar surface area (TPSA) is 52.6 Å². The molecule has 0 aliphatic heterocycles. The van der Waals surface area contributed by atoms with Crippen LogP contribution in [0.25, 0.3) is 0 Å². The van der Waals surface area contributed by atoms with Gasteiger partial charge < -0.3 is 9.47 Å². The molecule has 1 aliphatic carbocycles. The van der Waals surface area contributed by atoms with E-state index in [1.54, 1.807) is 6.08 Å². The van der Waals surface area contributed by atoms with E-state index in [-0.39, 0.29) is 30.6 Å². The van der Waals surface area contributed by atoms with E-state index in [1.807, 2.05) is 13.0 Å². The van der Waals surface area contributed by atoms with Crippen LogP contribution in [0, 0.1) is 5.92 Å². The summed E-state index contributed by atoms with van der Waals surface area (Å²) in [6.07, 6.45) is 9.32. The quantitative estimate of drug-likeness (QED) is 0.498. The number of hydrogen-bond acceptors (Lipinski definition) is 4. The van der Waals surface area contributed by atoms with Crippen LogP contribution in [-0.2, 0) is 19.1 Å². The fraction of sp³-hybridized carbons (Fsp3) is 0.778. The molecule has 1 fully saturated rings. The summed E-state index contributed by atoms with van der Waals surface area (Å²) in [5.74, 6) is 0.126. The van der Waals surface area contributed by atoms with Crippen molar-refractivity contribution < 1.29 is 19.1 Å². The van der Waals surface area contributed by atoms with Gasteiger partial charge in [0.2, 0.25) is 0 Å². The number of rotatable bonds is 8. The fourth-order valence-corrected chi connectivity index (χ4v) is 2.56. The Kier molecular flexibility index (Phi) is 8.86. The predicted molar refractivity (Wildman–Crippen MR) is 86.3 cm³/mol. The summed E-state index contributed by atoms with van der Waals surface area (Å²) in [6, 6.07) is 0. The van der Waals surface area contributed by atoms with Gasteiger partial charge in [-0.15, -0.1) is 0 Å². The summed E-state index contributed by atoms with van der Waals surface area (Å²) in [6.45, 7) is 6.13. The highest BCUT2D eigenvalue weighted by Crippen LogP contribution is 2.25. The lowest BCUT2D eigenvalue weighted by Crippen LogP contribution is -2.37. The Morgan fingerprint density at radius 2 is 1.73 bits per heavy atom. The molecule has 0 bridgehead atoms. The van der Waals surface area contributed by atoms with Gasteiger partial charge in [-0.3, -0.25) is 9.59 Å². The number of hydrogen-bond donors (Lipinski definition) is 0. The zero-order valence-electron chi connectivity index (χ0n) is 14.2. The Balaban J connectivity index is 2.43. The van der Waals surface area contributed by atoms with Crippen molar-refractivity contribution in [3.63, 3.8) is 0 Å². The van der Waals surface area contributed by atoms with Gasteiger partial charge in [0.25, 0.3) is 0 Å². The fourth-order valence-electron chi connectivity index (χ4n) is 2.56. The predicted octanol–water partition coefficient (Wildman–Crippen LogP) is 4.18. The summed E-state index contributed by atoms with van der Waals surface area (Å²) in [7, 11) is 0. The molecule has 0 radical (unpaired) electrons. The molecule has 126 valence electrons. The Morgan fingerprint density at radius 3 is 2.27 bits per heavy atom. The number of allylic oxidation sites excluding steroid dienone is 1. The standard InChI is InChI=1S/C18H30O4/c1-4-6-11-17(19)21-15-9-7-8-10-16(15)22-18(20)13-12-14(3)5-2/h4,6,14-16H,5,7-13H2,1-3H3. The molecule has 3 unspecified atom stereocenters. The second-order valence-electron chi connectivity index (χ2n) is 6.17. The highest BCUT2D eigenvalue weighted by molar-refractivity contribution is 5.71. The van der Waals surface area contributed by atoms with Crippen molar-refractivity contribution in [1.82, 2.24) is 0 Å². The first-order chi connectivity index (χ1) is 10.6. The minimum absolute atomic E-state index is 0.165. The molecule has 0 amide bonds. The minimum Gasteiger partial charge on any atom is -0.458 e. The van der Waals surface area contributed by atoms with Crippen molar-refractivity contribution in [3.8, 4) is 0 Å². The largest absolute Gasteiger partial charge is 0.458 e. The maximum Gasteiger partial charge on any atom is 0.310 e. The summed E-state index contributed by atoms with van der Waals surface area (Å²) in [5.41, 5.74) is 0. The van der Waals surface area contributed by atoms with Crippen molar-refractivity contribution in [1.29, 1.82) is 0 Å². The molecule has 4 heteroatoms. The molecule has 4 nitrogen and oxygen atoms in total. The molecule has 0 aromatic carbocycles. The third-order valence-corrected chi connectivity index (χ3v) is 4.27. The molecule has 0 saturated heterocycles. The van der Waals surface area contributed by atoms with Crippen LogP contribution in [0.15, 0.2) is 12.2 Å². The first-order valence-corrected chi connectivity index (χ1v) is 8.56. The summed E-state index contributed by atoms with van der Waals surface area (Å²) < 4.78 is 11.1. The van der Waals surface area contributed by atoms with Gasteiger partial charge in [-0.2, -0.15) is 0 Å². The molecular formula is C18H30O4. The number of ether oxygens (including phenoxy) is 2. The van der Waals surface area contributed by atoms with Crippen molar-refractivity contribution in [2.75, 3.05) is 0 Å². The van der Waals surface area contributed by atoms with Crippen LogP contribution in [0.4, 0.5) is 0 Å². The van der Waals surface area contributed by atoms with Gasteiger partial charge in [0.05, 0.1) is 6.42 Å². The molecule has 0 aromatic heterocycles. The zero-order valence-corrected chi connectivity index (χ0v) is 14.2. The lowest BCUT2D eigenvalue weighted by molar-refractivity contribution is -0.171. The van der Waals surface area contributed by atoms with Crippen molar-refractivity contribution in [2.24, 2.45) is 5.92 Å². The lowest BCUT2D eigenvalue weighted by Gasteiger charge is -2.30. The molecule has 0 heterocycles. The van der Waals surface area contributed by atoms with E-state index >= 15 is 0 Å². The van der Waals surface area contributed by atoms with E-state index in [9.17, 15) is 9.59 Å². The lowest BCUT2D eigenvalue weighted by atomic mass is 9.94. The van der Waals surface area contributed by atoms with Gasteiger partial charge in [0.1, 0.15) is 12.2 Å². The molecule has 1 aliphatic rings. The first-order valence-electron chi connectivity index (χ1n) is 8.56. The van der Waals surface area contributed by atoms with Gasteiger partial charge in [-0.25, -0.2) is 0 Å². The average Bonchev–Trinajstić information content (AvgIpc) is 2.52. The average molecular weight is 310 g/mol. The molecule has 1 saturated carbocycles. The smallest absolute Gasteiger partial charge is 0.310 e. The van der Waals surface area contributed by atoms with Gasteiger partial charge in [0, 0.05) is 6.42 Å². The molecular weight excluding hydrogens is 280 g/mol. The van der Waals surface area contributed by atoms with Gasteiger partial charge in [-0.1, -0.05) is 32.4 Å².